The van der Waals surface area contributed by atoms with Crippen molar-refractivity contribution in [2.24, 2.45) is 4.99 Å². The standard InChI is InChI=1S/C17H16N4O2/c1-12(22-2)17-20-16(21-23-17)15-6-5-14(11-19-15)4-3-13-7-9-18-10-8-13/h5-12,17H,1-2H3,(H,20,21). The molecule has 0 fully saturated rings. The van der Waals surface area contributed by atoms with Gasteiger partial charge in [0, 0.05) is 36.8 Å². The molecule has 0 bridgehead atoms. The second-order valence-electron chi connectivity index (χ2n) is 4.95. The van der Waals surface area contributed by atoms with Crippen LogP contribution in [-0.2, 0) is 9.57 Å². The highest BCUT2D eigenvalue weighted by Crippen LogP contribution is 2.11. The van der Waals surface area contributed by atoms with Gasteiger partial charge in [0.15, 0.2) is 5.84 Å². The van der Waals surface area contributed by atoms with Gasteiger partial charge in [-0.05, 0) is 31.2 Å². The van der Waals surface area contributed by atoms with E-state index in [1.54, 1.807) is 25.7 Å². The van der Waals surface area contributed by atoms with E-state index in [1.807, 2.05) is 31.2 Å². The molecule has 1 N–H and O–H groups in total. The van der Waals surface area contributed by atoms with Crippen LogP contribution in [0.5, 0.6) is 0 Å². The number of pyridine rings is 2. The van der Waals surface area contributed by atoms with Crippen LogP contribution in [0.25, 0.3) is 0 Å². The summed E-state index contributed by atoms with van der Waals surface area (Å²) in [5.74, 6) is 6.72. The van der Waals surface area contributed by atoms with Crippen molar-refractivity contribution in [3.05, 3.63) is 59.7 Å². The summed E-state index contributed by atoms with van der Waals surface area (Å²) >= 11 is 0. The Hall–Kier alpha value is -2.75. The zero-order valence-electron chi connectivity index (χ0n) is 12.9. The van der Waals surface area contributed by atoms with Crippen molar-refractivity contribution >= 4 is 5.84 Å². The number of aromatic nitrogens is 2. The lowest BCUT2D eigenvalue weighted by Gasteiger charge is -2.12. The molecule has 2 aromatic rings. The molecule has 3 rings (SSSR count). The van der Waals surface area contributed by atoms with Gasteiger partial charge in [-0.3, -0.25) is 9.97 Å². The van der Waals surface area contributed by atoms with E-state index in [2.05, 4.69) is 32.3 Å². The number of rotatable bonds is 3. The highest BCUT2D eigenvalue weighted by atomic mass is 16.7. The van der Waals surface area contributed by atoms with Crippen LogP contribution >= 0.6 is 0 Å². The first-order valence-corrected chi connectivity index (χ1v) is 7.17. The number of amidine groups is 1. The monoisotopic (exact) mass is 308 g/mol. The van der Waals surface area contributed by atoms with Gasteiger partial charge in [-0.15, -0.1) is 0 Å². The Morgan fingerprint density at radius 2 is 1.96 bits per heavy atom. The Labute approximate surface area is 134 Å². The molecule has 0 saturated carbocycles. The molecule has 2 unspecified atom stereocenters. The number of ether oxygens (including phenoxy) is 1. The number of hydroxylamine groups is 1. The average molecular weight is 308 g/mol. The molecule has 6 heteroatoms. The lowest BCUT2D eigenvalue weighted by Crippen LogP contribution is -2.26. The molecule has 0 amide bonds. The minimum absolute atomic E-state index is 0.134. The molecule has 0 saturated heterocycles. The van der Waals surface area contributed by atoms with E-state index in [9.17, 15) is 0 Å². The second-order valence-corrected chi connectivity index (χ2v) is 4.95. The SMILES string of the molecule is COC(C)C1N=C(c2ccc(C#Cc3ccncc3)cn2)NO1. The van der Waals surface area contributed by atoms with Crippen LogP contribution in [0.4, 0.5) is 0 Å². The van der Waals surface area contributed by atoms with Gasteiger partial charge < -0.3 is 4.74 Å². The highest BCUT2D eigenvalue weighted by Gasteiger charge is 2.25. The molecule has 1 aliphatic heterocycles. The molecule has 0 radical (unpaired) electrons. The first-order valence-electron chi connectivity index (χ1n) is 7.17. The largest absolute Gasteiger partial charge is 0.377 e. The van der Waals surface area contributed by atoms with E-state index in [1.165, 1.54) is 0 Å². The molecule has 3 heterocycles. The molecule has 0 aromatic carbocycles. The summed E-state index contributed by atoms with van der Waals surface area (Å²) in [6.07, 6.45) is 4.63. The van der Waals surface area contributed by atoms with Crippen LogP contribution in [0.3, 0.4) is 0 Å². The number of methoxy groups -OCH3 is 1. The summed E-state index contributed by atoms with van der Waals surface area (Å²) in [6, 6.07) is 7.47. The van der Waals surface area contributed by atoms with Gasteiger partial charge in [-0.1, -0.05) is 11.8 Å². The topological polar surface area (TPSA) is 68.6 Å². The molecular formula is C17H16N4O2. The third kappa shape index (κ3) is 3.72. The van der Waals surface area contributed by atoms with Gasteiger partial charge in [0.1, 0.15) is 11.8 Å². The molecule has 6 nitrogen and oxygen atoms in total. The summed E-state index contributed by atoms with van der Waals surface area (Å²) in [4.78, 5) is 18.1. The van der Waals surface area contributed by atoms with E-state index in [0.717, 1.165) is 11.1 Å². The maximum absolute atomic E-state index is 5.36. The molecule has 1 aliphatic rings. The van der Waals surface area contributed by atoms with Crippen LogP contribution < -0.4 is 5.48 Å². The lowest BCUT2D eigenvalue weighted by molar-refractivity contribution is -0.0529. The third-order valence-electron chi connectivity index (χ3n) is 3.34. The van der Waals surface area contributed by atoms with Crippen molar-refractivity contribution in [2.45, 2.75) is 19.3 Å². The lowest BCUT2D eigenvalue weighted by atomic mass is 10.2. The van der Waals surface area contributed by atoms with Crippen LogP contribution in [-0.4, -0.2) is 35.2 Å². The van der Waals surface area contributed by atoms with Crippen molar-refractivity contribution in [1.29, 1.82) is 0 Å². The van der Waals surface area contributed by atoms with E-state index in [4.69, 9.17) is 9.57 Å². The van der Waals surface area contributed by atoms with E-state index < -0.39 is 0 Å². The Balaban J connectivity index is 1.72. The summed E-state index contributed by atoms with van der Waals surface area (Å²) < 4.78 is 5.20. The Kier molecular flexibility index (Phi) is 4.62. The summed E-state index contributed by atoms with van der Waals surface area (Å²) in [6.45, 7) is 1.89. The number of nitrogens with one attached hydrogen (secondary N) is 1. The fourth-order valence-corrected chi connectivity index (χ4v) is 1.92. The van der Waals surface area contributed by atoms with Gasteiger partial charge in [-0.2, -0.15) is 0 Å². The van der Waals surface area contributed by atoms with Crippen molar-refractivity contribution in [3.63, 3.8) is 0 Å². The van der Waals surface area contributed by atoms with Crippen molar-refractivity contribution < 1.29 is 9.57 Å². The molecule has 116 valence electrons. The second kappa shape index (κ2) is 7.01. The Morgan fingerprint density at radius 3 is 2.65 bits per heavy atom. The summed E-state index contributed by atoms with van der Waals surface area (Å²) in [5.41, 5.74) is 5.22. The normalized spacial score (nSPS) is 17.7. The van der Waals surface area contributed by atoms with Crippen LogP contribution in [0.1, 0.15) is 23.7 Å². The van der Waals surface area contributed by atoms with E-state index >= 15 is 0 Å². The quantitative estimate of drug-likeness (QED) is 0.871. The first kappa shape index (κ1) is 15.2. The third-order valence-corrected chi connectivity index (χ3v) is 3.34. The minimum atomic E-state index is -0.372. The average Bonchev–Trinajstić information content (AvgIpc) is 3.11. The predicted molar refractivity (Wildman–Crippen MR) is 85.5 cm³/mol. The molecular weight excluding hydrogens is 292 g/mol. The fraction of sp³-hybridized carbons (Fsp3) is 0.235. The molecule has 2 aromatic heterocycles. The maximum Gasteiger partial charge on any atom is 0.203 e. The Bertz CT molecular complexity index is 748. The predicted octanol–water partition coefficient (Wildman–Crippen LogP) is 1.52. The first-order chi connectivity index (χ1) is 11.3. The number of hydrogen-bond acceptors (Lipinski definition) is 6. The number of nitrogens with zero attached hydrogens (tertiary/aromatic N) is 3. The van der Waals surface area contributed by atoms with E-state index in [0.29, 0.717) is 11.5 Å². The molecule has 23 heavy (non-hydrogen) atoms. The van der Waals surface area contributed by atoms with Gasteiger partial charge >= 0.3 is 0 Å². The zero-order valence-corrected chi connectivity index (χ0v) is 12.9. The van der Waals surface area contributed by atoms with Gasteiger partial charge in [0.25, 0.3) is 0 Å². The molecule has 0 spiro atoms. The maximum atomic E-state index is 5.36. The summed E-state index contributed by atoms with van der Waals surface area (Å²) in [7, 11) is 1.62. The van der Waals surface area contributed by atoms with Crippen molar-refractivity contribution in [2.75, 3.05) is 7.11 Å². The van der Waals surface area contributed by atoms with Crippen LogP contribution in [0.15, 0.2) is 47.8 Å². The van der Waals surface area contributed by atoms with Crippen molar-refractivity contribution in [1.82, 2.24) is 15.4 Å². The van der Waals surface area contributed by atoms with E-state index in [-0.39, 0.29) is 12.3 Å². The molecule has 2 atom stereocenters. The summed E-state index contributed by atoms with van der Waals surface area (Å²) in [5, 5.41) is 0. The van der Waals surface area contributed by atoms with Gasteiger partial charge in [-0.25, -0.2) is 15.3 Å². The van der Waals surface area contributed by atoms with Crippen molar-refractivity contribution in [3.8, 4) is 11.8 Å². The molecule has 0 aliphatic carbocycles. The smallest absolute Gasteiger partial charge is 0.203 e. The Morgan fingerprint density at radius 1 is 1.17 bits per heavy atom. The zero-order chi connectivity index (χ0) is 16.1. The van der Waals surface area contributed by atoms with Crippen LogP contribution in [0, 0.1) is 11.8 Å². The van der Waals surface area contributed by atoms with Gasteiger partial charge in [0.2, 0.25) is 6.23 Å². The minimum Gasteiger partial charge on any atom is -0.377 e. The fourth-order valence-electron chi connectivity index (χ4n) is 1.92. The highest BCUT2D eigenvalue weighted by molar-refractivity contribution is 5.97. The van der Waals surface area contributed by atoms with Crippen LogP contribution in [0.2, 0.25) is 0 Å². The number of hydrogen-bond donors (Lipinski definition) is 1. The number of aliphatic imine (C=N–C) groups is 1. The van der Waals surface area contributed by atoms with Gasteiger partial charge in [0.05, 0.1) is 0 Å².